The van der Waals surface area contributed by atoms with Gasteiger partial charge in [-0.3, -0.25) is 9.59 Å². The second kappa shape index (κ2) is 12.6. The zero-order valence-corrected chi connectivity index (χ0v) is 18.4. The fourth-order valence-corrected chi connectivity index (χ4v) is 3.24. The number of nitrogens with zero attached hydrogens (tertiary/aromatic N) is 1. The van der Waals surface area contributed by atoms with Crippen molar-refractivity contribution in [3.63, 3.8) is 0 Å². The molecule has 1 N–H and O–H groups in total. The normalized spacial score (nSPS) is 13.3. The average Bonchev–Trinajstić information content (AvgIpc) is 2.83. The molecule has 172 valence electrons. The topological polar surface area (TPSA) is 86.3 Å². The van der Waals surface area contributed by atoms with Crippen LogP contribution in [0.3, 0.4) is 0 Å². The first-order valence-corrected chi connectivity index (χ1v) is 10.9. The predicted octanol–water partition coefficient (Wildman–Crippen LogP) is 3.26. The van der Waals surface area contributed by atoms with Crippen molar-refractivity contribution in [1.29, 1.82) is 0 Å². The van der Waals surface area contributed by atoms with Crippen molar-refractivity contribution in [1.82, 2.24) is 0 Å². The molecule has 8 nitrogen and oxygen atoms in total. The van der Waals surface area contributed by atoms with Gasteiger partial charge in [-0.15, -0.1) is 0 Å². The highest BCUT2D eigenvalue weighted by Gasteiger charge is 2.12. The maximum Gasteiger partial charge on any atom is 0.306 e. The fourth-order valence-electron chi connectivity index (χ4n) is 3.24. The molecule has 0 atom stereocenters. The molecular formula is C24H30N2O6. The molecule has 1 aliphatic heterocycles. The summed E-state index contributed by atoms with van der Waals surface area (Å²) in [4.78, 5) is 26.2. The Kier molecular flexibility index (Phi) is 9.19. The zero-order valence-electron chi connectivity index (χ0n) is 18.4. The van der Waals surface area contributed by atoms with Crippen LogP contribution in [0.2, 0.25) is 0 Å². The first-order chi connectivity index (χ1) is 15.7. The van der Waals surface area contributed by atoms with E-state index in [1.807, 2.05) is 55.5 Å². The van der Waals surface area contributed by atoms with Gasteiger partial charge in [-0.05, 0) is 49.7 Å². The first kappa shape index (κ1) is 23.4. The van der Waals surface area contributed by atoms with Crippen molar-refractivity contribution < 1.29 is 28.5 Å². The third kappa shape index (κ3) is 7.46. The maximum absolute atomic E-state index is 12.1. The Morgan fingerprint density at radius 1 is 1.00 bits per heavy atom. The van der Waals surface area contributed by atoms with Crippen LogP contribution in [0.4, 0.5) is 11.4 Å². The number of nitrogens with one attached hydrogen (secondary N) is 1. The van der Waals surface area contributed by atoms with Gasteiger partial charge in [0.15, 0.2) is 18.1 Å². The van der Waals surface area contributed by atoms with Gasteiger partial charge < -0.3 is 29.2 Å². The second-order valence-electron chi connectivity index (χ2n) is 7.19. The number of ether oxygens (including phenoxy) is 4. The second-order valence-corrected chi connectivity index (χ2v) is 7.19. The van der Waals surface area contributed by atoms with Crippen LogP contribution >= 0.6 is 0 Å². The van der Waals surface area contributed by atoms with Crippen LogP contribution in [0.15, 0.2) is 48.5 Å². The minimum absolute atomic E-state index is 0.165. The summed E-state index contributed by atoms with van der Waals surface area (Å²) in [6.07, 6.45) is 0.641. The Bertz CT molecular complexity index is 865. The van der Waals surface area contributed by atoms with Crippen LogP contribution in [-0.2, 0) is 19.1 Å². The number of rotatable bonds is 11. The van der Waals surface area contributed by atoms with Gasteiger partial charge in [0.25, 0.3) is 5.91 Å². The summed E-state index contributed by atoms with van der Waals surface area (Å²) in [5.41, 5.74) is 1.74. The summed E-state index contributed by atoms with van der Waals surface area (Å²) >= 11 is 0. The number of para-hydroxylation sites is 2. The van der Waals surface area contributed by atoms with Crippen LogP contribution in [0.5, 0.6) is 11.5 Å². The number of amides is 1. The molecule has 0 spiro atoms. The van der Waals surface area contributed by atoms with Crippen LogP contribution < -0.4 is 19.7 Å². The Morgan fingerprint density at radius 3 is 2.38 bits per heavy atom. The van der Waals surface area contributed by atoms with E-state index in [4.69, 9.17) is 18.9 Å². The summed E-state index contributed by atoms with van der Waals surface area (Å²) < 4.78 is 21.6. The Balaban J connectivity index is 1.32. The van der Waals surface area contributed by atoms with Gasteiger partial charge in [-0.25, -0.2) is 0 Å². The predicted molar refractivity (Wildman–Crippen MR) is 121 cm³/mol. The summed E-state index contributed by atoms with van der Waals surface area (Å²) in [6.45, 7) is 5.62. The highest BCUT2D eigenvalue weighted by molar-refractivity contribution is 5.92. The third-order valence-corrected chi connectivity index (χ3v) is 4.82. The van der Waals surface area contributed by atoms with Crippen LogP contribution in [-0.4, -0.2) is 58.0 Å². The van der Waals surface area contributed by atoms with Crippen molar-refractivity contribution in [2.24, 2.45) is 0 Å². The number of morpholine rings is 1. The van der Waals surface area contributed by atoms with E-state index in [2.05, 4.69) is 10.2 Å². The molecule has 1 heterocycles. The van der Waals surface area contributed by atoms with E-state index in [0.29, 0.717) is 36.8 Å². The third-order valence-electron chi connectivity index (χ3n) is 4.82. The lowest BCUT2D eigenvalue weighted by atomic mass is 10.2. The molecule has 0 aliphatic carbocycles. The molecule has 1 aliphatic rings. The van der Waals surface area contributed by atoms with Gasteiger partial charge in [0.2, 0.25) is 0 Å². The molecule has 0 bridgehead atoms. The molecule has 2 aromatic rings. The zero-order chi connectivity index (χ0) is 22.6. The summed E-state index contributed by atoms with van der Waals surface area (Å²) in [6, 6.07) is 15.0. The lowest BCUT2D eigenvalue weighted by molar-refractivity contribution is -0.147. The van der Waals surface area contributed by atoms with Gasteiger partial charge in [0.05, 0.1) is 26.4 Å². The van der Waals surface area contributed by atoms with E-state index < -0.39 is 5.97 Å². The van der Waals surface area contributed by atoms with Crippen LogP contribution in [0, 0.1) is 0 Å². The fraction of sp³-hybridized carbons (Fsp3) is 0.417. The van der Waals surface area contributed by atoms with Gasteiger partial charge in [0.1, 0.15) is 0 Å². The minimum Gasteiger partial charge on any atom is -0.490 e. The molecule has 32 heavy (non-hydrogen) atoms. The lowest BCUT2D eigenvalue weighted by Gasteiger charge is -2.28. The summed E-state index contributed by atoms with van der Waals surface area (Å²) in [5, 5.41) is 2.74. The van der Waals surface area contributed by atoms with E-state index in [9.17, 15) is 9.59 Å². The van der Waals surface area contributed by atoms with E-state index in [1.165, 1.54) is 0 Å². The molecular weight excluding hydrogens is 412 g/mol. The van der Waals surface area contributed by atoms with Crippen molar-refractivity contribution in [2.45, 2.75) is 19.8 Å². The first-order valence-electron chi connectivity index (χ1n) is 10.9. The molecule has 8 heteroatoms. The number of carbonyl (C=O) groups excluding carboxylic acids is 2. The molecule has 1 amide bonds. The van der Waals surface area contributed by atoms with Crippen molar-refractivity contribution in [2.75, 3.05) is 56.3 Å². The van der Waals surface area contributed by atoms with Gasteiger partial charge in [-0.2, -0.15) is 0 Å². The number of esters is 1. The van der Waals surface area contributed by atoms with Crippen molar-refractivity contribution in [3.05, 3.63) is 48.5 Å². The number of benzene rings is 2. The standard InChI is InChI=1S/C24H30N2O6/c1-2-30-21-6-3-4-7-22(21)31-15-5-8-24(28)32-18-23(27)25-19-9-11-20(12-10-19)26-13-16-29-17-14-26/h3-4,6-7,9-12H,2,5,8,13-18H2,1H3,(H,25,27). The number of hydrogen-bond donors (Lipinski definition) is 1. The molecule has 1 saturated heterocycles. The lowest BCUT2D eigenvalue weighted by Crippen LogP contribution is -2.36. The molecule has 3 rings (SSSR count). The maximum atomic E-state index is 12.1. The number of hydrogen-bond acceptors (Lipinski definition) is 7. The Hall–Kier alpha value is -3.26. The van der Waals surface area contributed by atoms with E-state index in [-0.39, 0.29) is 18.9 Å². The van der Waals surface area contributed by atoms with Crippen LogP contribution in [0.25, 0.3) is 0 Å². The van der Waals surface area contributed by atoms with E-state index in [0.717, 1.165) is 32.0 Å². The monoisotopic (exact) mass is 442 g/mol. The minimum atomic E-state index is -0.440. The van der Waals surface area contributed by atoms with E-state index >= 15 is 0 Å². The average molecular weight is 443 g/mol. The quantitative estimate of drug-likeness (QED) is 0.422. The van der Waals surface area contributed by atoms with Gasteiger partial charge in [-0.1, -0.05) is 12.1 Å². The Morgan fingerprint density at radius 2 is 1.69 bits per heavy atom. The highest BCUT2D eigenvalue weighted by Crippen LogP contribution is 2.26. The largest absolute Gasteiger partial charge is 0.490 e. The van der Waals surface area contributed by atoms with Gasteiger partial charge in [0, 0.05) is 30.9 Å². The molecule has 0 radical (unpaired) electrons. The SMILES string of the molecule is CCOc1ccccc1OCCCC(=O)OCC(=O)Nc1ccc(N2CCOCC2)cc1. The van der Waals surface area contributed by atoms with Crippen molar-refractivity contribution >= 4 is 23.3 Å². The molecule has 0 unspecified atom stereocenters. The Labute approximate surface area is 188 Å². The smallest absolute Gasteiger partial charge is 0.306 e. The molecule has 0 saturated carbocycles. The number of anilines is 2. The molecule has 0 aromatic heterocycles. The van der Waals surface area contributed by atoms with Gasteiger partial charge >= 0.3 is 5.97 Å². The van der Waals surface area contributed by atoms with Crippen LogP contribution in [0.1, 0.15) is 19.8 Å². The summed E-state index contributed by atoms with van der Waals surface area (Å²) in [7, 11) is 0. The number of carbonyl (C=O) groups is 2. The molecule has 2 aromatic carbocycles. The highest BCUT2D eigenvalue weighted by atomic mass is 16.5. The van der Waals surface area contributed by atoms with E-state index in [1.54, 1.807) is 0 Å². The molecule has 1 fully saturated rings. The summed E-state index contributed by atoms with van der Waals surface area (Å²) in [5.74, 6) is 0.498. The van der Waals surface area contributed by atoms with Crippen molar-refractivity contribution in [3.8, 4) is 11.5 Å².